The molecule has 124 valence electrons. The zero-order valence-corrected chi connectivity index (χ0v) is 14.0. The number of ether oxygens (including phenoxy) is 1. The molecular weight excluding hydrogens is 330 g/mol. The number of carbonyl (C=O) groups excluding carboxylic acids is 1. The SMILES string of the molecule is CC(C)OC(=O)C(N=Nc1ccccn1)N=Nc1ccccc1Cl. The van der Waals surface area contributed by atoms with Gasteiger partial charge in [-0.25, -0.2) is 9.78 Å². The molecule has 2 aromatic rings. The van der Waals surface area contributed by atoms with Gasteiger partial charge in [-0.05, 0) is 38.1 Å². The molecule has 8 heteroatoms. The van der Waals surface area contributed by atoms with Gasteiger partial charge in [-0.3, -0.25) is 0 Å². The van der Waals surface area contributed by atoms with Crippen LogP contribution in [0.4, 0.5) is 11.5 Å². The van der Waals surface area contributed by atoms with Gasteiger partial charge in [0.1, 0.15) is 5.69 Å². The van der Waals surface area contributed by atoms with Crippen LogP contribution in [0.3, 0.4) is 0 Å². The second-order valence-corrected chi connectivity index (χ2v) is 5.34. The maximum atomic E-state index is 12.1. The van der Waals surface area contributed by atoms with Crippen molar-refractivity contribution in [2.24, 2.45) is 20.5 Å². The molecule has 7 nitrogen and oxygen atoms in total. The maximum Gasteiger partial charge on any atom is 0.357 e. The molecule has 24 heavy (non-hydrogen) atoms. The van der Waals surface area contributed by atoms with Crippen molar-refractivity contribution in [1.29, 1.82) is 0 Å². The van der Waals surface area contributed by atoms with Gasteiger partial charge in [0, 0.05) is 6.20 Å². The molecule has 1 atom stereocenters. The lowest BCUT2D eigenvalue weighted by Crippen LogP contribution is -2.22. The van der Waals surface area contributed by atoms with Gasteiger partial charge in [0.25, 0.3) is 6.17 Å². The molecule has 0 saturated carbocycles. The number of pyridine rings is 1. The Morgan fingerprint density at radius 3 is 2.46 bits per heavy atom. The summed E-state index contributed by atoms with van der Waals surface area (Å²) in [5.41, 5.74) is 0.426. The standard InChI is InChI=1S/C16H16ClN5O2/c1-11(2)24-16(23)15(22-20-14-9-5-6-10-18-14)21-19-13-8-4-3-7-12(13)17/h3-11,15H,1-2H3. The molecule has 1 unspecified atom stereocenters. The van der Waals surface area contributed by atoms with Gasteiger partial charge in [-0.1, -0.05) is 29.8 Å². The molecule has 1 heterocycles. The van der Waals surface area contributed by atoms with E-state index in [4.69, 9.17) is 16.3 Å². The van der Waals surface area contributed by atoms with Crippen LogP contribution in [0.5, 0.6) is 0 Å². The van der Waals surface area contributed by atoms with Crippen LogP contribution >= 0.6 is 11.6 Å². The molecule has 0 aliphatic heterocycles. The van der Waals surface area contributed by atoms with Crippen LogP contribution in [-0.2, 0) is 9.53 Å². The summed E-state index contributed by atoms with van der Waals surface area (Å²) in [6, 6.07) is 12.0. The van der Waals surface area contributed by atoms with Crippen molar-refractivity contribution in [3.63, 3.8) is 0 Å². The number of hydrogen-bond donors (Lipinski definition) is 0. The number of rotatable bonds is 6. The highest BCUT2D eigenvalue weighted by molar-refractivity contribution is 6.32. The lowest BCUT2D eigenvalue weighted by molar-refractivity contribution is -0.148. The third-order valence-electron chi connectivity index (χ3n) is 2.61. The normalized spacial score (nSPS) is 12.8. The van der Waals surface area contributed by atoms with E-state index in [2.05, 4.69) is 25.4 Å². The first-order valence-electron chi connectivity index (χ1n) is 7.24. The Morgan fingerprint density at radius 1 is 1.08 bits per heavy atom. The van der Waals surface area contributed by atoms with Crippen LogP contribution in [0.2, 0.25) is 5.02 Å². The van der Waals surface area contributed by atoms with Crippen LogP contribution in [-0.4, -0.2) is 23.2 Å². The predicted molar refractivity (Wildman–Crippen MR) is 89.7 cm³/mol. The lowest BCUT2D eigenvalue weighted by Gasteiger charge is -2.09. The number of hydrogen-bond acceptors (Lipinski definition) is 7. The van der Waals surface area contributed by atoms with Gasteiger partial charge in [-0.15, -0.1) is 15.3 Å². The van der Waals surface area contributed by atoms with Crippen molar-refractivity contribution >= 4 is 29.1 Å². The minimum absolute atomic E-state index is 0.305. The number of benzene rings is 1. The van der Waals surface area contributed by atoms with Crippen molar-refractivity contribution in [3.8, 4) is 0 Å². The van der Waals surface area contributed by atoms with Crippen molar-refractivity contribution in [3.05, 3.63) is 53.7 Å². The highest BCUT2D eigenvalue weighted by atomic mass is 35.5. The number of azo groups is 2. The van der Waals surface area contributed by atoms with E-state index in [-0.39, 0.29) is 6.10 Å². The highest BCUT2D eigenvalue weighted by Crippen LogP contribution is 2.24. The fraction of sp³-hybridized carbons (Fsp3) is 0.250. The first kappa shape index (κ1) is 17.7. The molecule has 0 aliphatic carbocycles. The van der Waals surface area contributed by atoms with Crippen LogP contribution in [0.15, 0.2) is 69.1 Å². The molecule has 0 bridgehead atoms. The maximum absolute atomic E-state index is 12.1. The minimum Gasteiger partial charge on any atom is -0.460 e. The summed E-state index contributed by atoms with van der Waals surface area (Å²) in [7, 11) is 0. The third kappa shape index (κ3) is 5.51. The number of esters is 1. The Labute approximate surface area is 144 Å². The quantitative estimate of drug-likeness (QED) is 0.552. The summed E-state index contributed by atoms with van der Waals surface area (Å²) in [6.45, 7) is 3.46. The van der Waals surface area contributed by atoms with E-state index >= 15 is 0 Å². The van der Waals surface area contributed by atoms with Crippen molar-refractivity contribution in [2.45, 2.75) is 26.1 Å². The molecule has 0 spiro atoms. The minimum atomic E-state index is -1.23. The van der Waals surface area contributed by atoms with E-state index in [0.717, 1.165) is 0 Å². The average Bonchev–Trinajstić information content (AvgIpc) is 2.56. The van der Waals surface area contributed by atoms with E-state index in [1.807, 2.05) is 0 Å². The highest BCUT2D eigenvalue weighted by Gasteiger charge is 2.20. The summed E-state index contributed by atoms with van der Waals surface area (Å²) in [5, 5.41) is 16.1. The van der Waals surface area contributed by atoms with Crippen molar-refractivity contribution in [2.75, 3.05) is 0 Å². The third-order valence-corrected chi connectivity index (χ3v) is 2.93. The molecule has 2 rings (SSSR count). The number of carbonyl (C=O) groups is 1. The van der Waals surface area contributed by atoms with Crippen LogP contribution in [0.25, 0.3) is 0 Å². The van der Waals surface area contributed by atoms with Gasteiger partial charge in [-0.2, -0.15) is 5.11 Å². The zero-order chi connectivity index (χ0) is 17.4. The average molecular weight is 346 g/mol. The van der Waals surface area contributed by atoms with Gasteiger partial charge < -0.3 is 4.74 Å². The van der Waals surface area contributed by atoms with Crippen LogP contribution < -0.4 is 0 Å². The number of nitrogens with zero attached hydrogens (tertiary/aromatic N) is 5. The van der Waals surface area contributed by atoms with Gasteiger partial charge >= 0.3 is 5.97 Å². The van der Waals surface area contributed by atoms with Gasteiger partial charge in [0.05, 0.1) is 11.1 Å². The Kier molecular flexibility index (Phi) is 6.51. The summed E-state index contributed by atoms with van der Waals surface area (Å²) in [4.78, 5) is 16.1. The van der Waals surface area contributed by atoms with Crippen LogP contribution in [0, 0.1) is 0 Å². The van der Waals surface area contributed by atoms with Gasteiger partial charge in [0.15, 0.2) is 5.82 Å². The fourth-order valence-corrected chi connectivity index (χ4v) is 1.76. The van der Waals surface area contributed by atoms with E-state index in [9.17, 15) is 4.79 Å². The second kappa shape index (κ2) is 8.83. The molecule has 0 amide bonds. The van der Waals surface area contributed by atoms with E-state index in [1.54, 1.807) is 62.5 Å². The summed E-state index contributed by atoms with van der Waals surface area (Å²) in [5.74, 6) is -0.298. The molecular formula is C16H16ClN5O2. The Balaban J connectivity index is 2.21. The first-order chi connectivity index (χ1) is 11.6. The zero-order valence-electron chi connectivity index (χ0n) is 13.2. The largest absolute Gasteiger partial charge is 0.460 e. The molecule has 0 N–H and O–H groups in total. The van der Waals surface area contributed by atoms with E-state index in [0.29, 0.717) is 16.5 Å². The number of halogens is 1. The predicted octanol–water partition coefficient (Wildman–Crippen LogP) is 4.88. The molecule has 0 radical (unpaired) electrons. The summed E-state index contributed by atoms with van der Waals surface area (Å²) < 4.78 is 5.12. The Hall–Kier alpha value is -2.67. The Bertz CT molecular complexity index is 734. The summed E-state index contributed by atoms with van der Waals surface area (Å²) in [6.07, 6.45) is 0.0346. The van der Waals surface area contributed by atoms with Crippen molar-refractivity contribution < 1.29 is 9.53 Å². The first-order valence-corrected chi connectivity index (χ1v) is 7.62. The monoisotopic (exact) mass is 345 g/mol. The molecule has 0 fully saturated rings. The smallest absolute Gasteiger partial charge is 0.357 e. The van der Waals surface area contributed by atoms with Crippen molar-refractivity contribution in [1.82, 2.24) is 4.98 Å². The fourth-order valence-electron chi connectivity index (χ4n) is 1.59. The number of aromatic nitrogens is 1. The second-order valence-electron chi connectivity index (χ2n) is 4.93. The van der Waals surface area contributed by atoms with E-state index in [1.165, 1.54) is 0 Å². The molecule has 1 aromatic heterocycles. The Morgan fingerprint density at radius 2 is 1.79 bits per heavy atom. The summed E-state index contributed by atoms with van der Waals surface area (Å²) >= 11 is 6.01. The molecule has 1 aromatic carbocycles. The molecule has 0 aliphatic rings. The lowest BCUT2D eigenvalue weighted by atomic mass is 10.3. The van der Waals surface area contributed by atoms with Gasteiger partial charge in [0.2, 0.25) is 0 Å². The van der Waals surface area contributed by atoms with Crippen LogP contribution in [0.1, 0.15) is 13.8 Å². The molecule has 0 saturated heterocycles. The van der Waals surface area contributed by atoms with E-state index < -0.39 is 12.1 Å². The topological polar surface area (TPSA) is 88.6 Å².